The minimum atomic E-state index is -0.0338. The van der Waals surface area contributed by atoms with Crippen LogP contribution >= 0.6 is 0 Å². The number of hydrogen-bond donors (Lipinski definition) is 0. The van der Waals surface area contributed by atoms with Gasteiger partial charge in [0.1, 0.15) is 0 Å². The summed E-state index contributed by atoms with van der Waals surface area (Å²) in [5.41, 5.74) is 31.5. The van der Waals surface area contributed by atoms with Crippen LogP contribution in [-0.2, 0) is 10.8 Å². The summed E-state index contributed by atoms with van der Waals surface area (Å²) in [6.07, 6.45) is 0. The van der Waals surface area contributed by atoms with Gasteiger partial charge in [-0.25, -0.2) is 0 Å². The van der Waals surface area contributed by atoms with Crippen molar-refractivity contribution in [2.75, 3.05) is 0 Å². The quantitative estimate of drug-likeness (QED) is 0.306. The molecule has 0 aliphatic heterocycles. The standard InChI is InChI=1S/C44H28/c1-43(2,3)37-27-23-33-25-29-41-39-21-15-13-11-9-7-8-10-12-14-16-22-40(39)42(41)30-26-34-24-28-38(44(4,5)6)32-36(34)20-18-17-19-35(33)31-37/h11-14,23-24,27-28,31-32H,1-6H3. The van der Waals surface area contributed by atoms with Gasteiger partial charge < -0.3 is 0 Å². The van der Waals surface area contributed by atoms with Crippen LogP contribution in [0.25, 0.3) is 34.1 Å². The van der Waals surface area contributed by atoms with E-state index >= 15 is 0 Å². The summed E-state index contributed by atoms with van der Waals surface area (Å²) in [5, 5.41) is 3.33. The fraction of sp³-hybridized carbons (Fsp3) is 0.182. The molecule has 0 saturated carbocycles. The van der Waals surface area contributed by atoms with Gasteiger partial charge in [-0.05, 0) is 94.1 Å². The molecule has 0 heteroatoms. The van der Waals surface area contributed by atoms with Crippen LogP contribution < -0.4 is 20.9 Å². The molecule has 204 valence electrons. The predicted octanol–water partition coefficient (Wildman–Crippen LogP) is 5.82. The van der Waals surface area contributed by atoms with Crippen LogP contribution in [0.3, 0.4) is 0 Å². The second kappa shape index (κ2) is 12.4. The molecule has 2 aliphatic carbocycles. The van der Waals surface area contributed by atoms with Crippen molar-refractivity contribution in [1.29, 1.82) is 0 Å². The van der Waals surface area contributed by atoms with Crippen LogP contribution in [0.15, 0.2) is 83.6 Å². The summed E-state index contributed by atoms with van der Waals surface area (Å²) in [4.78, 5) is 0. The molecular formula is C44H28. The maximum atomic E-state index is 3.38. The molecule has 0 spiro atoms. The van der Waals surface area contributed by atoms with E-state index in [4.69, 9.17) is 0 Å². The Morgan fingerprint density at radius 1 is 0.432 bits per heavy atom. The molecule has 0 bridgehead atoms. The normalized spacial score (nSPS) is 11.5. The number of benzene rings is 2. The molecular weight excluding hydrogens is 528 g/mol. The Balaban J connectivity index is 2.04. The average Bonchev–Trinajstić information content (AvgIpc) is 2.97. The maximum absolute atomic E-state index is 3.38. The first-order valence-electron chi connectivity index (χ1n) is 14.3. The van der Waals surface area contributed by atoms with Crippen LogP contribution in [-0.4, -0.2) is 0 Å². The van der Waals surface area contributed by atoms with Crippen molar-refractivity contribution in [2.24, 2.45) is 0 Å². The highest BCUT2D eigenvalue weighted by atomic mass is 14.2. The molecule has 0 atom stereocenters. The van der Waals surface area contributed by atoms with Gasteiger partial charge in [0.15, 0.2) is 0 Å². The highest BCUT2D eigenvalue weighted by Crippen LogP contribution is 2.40. The van der Waals surface area contributed by atoms with E-state index in [-0.39, 0.29) is 10.8 Å². The monoisotopic (exact) mass is 556 g/mol. The second-order valence-corrected chi connectivity index (χ2v) is 12.3. The van der Waals surface area contributed by atoms with Crippen LogP contribution in [0, 0.1) is 48.5 Å². The molecule has 3 aromatic rings. The van der Waals surface area contributed by atoms with Crippen molar-refractivity contribution < 1.29 is 0 Å². The van der Waals surface area contributed by atoms with Crippen LogP contribution in [0.2, 0.25) is 0 Å². The highest BCUT2D eigenvalue weighted by molar-refractivity contribution is 6.15. The Morgan fingerprint density at radius 2 is 0.841 bits per heavy atom. The van der Waals surface area contributed by atoms with Crippen LogP contribution in [0.5, 0.6) is 0 Å². The third kappa shape index (κ3) is 6.84. The van der Waals surface area contributed by atoms with E-state index in [1.165, 1.54) is 11.1 Å². The Kier molecular flexibility index (Phi) is 8.28. The molecule has 0 saturated heterocycles. The largest absolute Gasteiger partial charge is 0.0689 e. The zero-order valence-corrected chi connectivity index (χ0v) is 25.8. The lowest BCUT2D eigenvalue weighted by molar-refractivity contribution is 0.589. The number of hydrogen-bond acceptors (Lipinski definition) is 0. The molecule has 5 rings (SSSR count). The van der Waals surface area contributed by atoms with E-state index in [2.05, 4.69) is 160 Å². The van der Waals surface area contributed by atoms with Crippen molar-refractivity contribution in [3.63, 3.8) is 0 Å². The topological polar surface area (TPSA) is 0 Å². The van der Waals surface area contributed by atoms with E-state index in [0.29, 0.717) is 0 Å². The first-order valence-corrected chi connectivity index (χ1v) is 14.3. The first kappa shape index (κ1) is 29.4. The second-order valence-electron chi connectivity index (χ2n) is 12.3. The fourth-order valence-corrected chi connectivity index (χ4v) is 4.39. The first-order chi connectivity index (χ1) is 21.1. The Hall–Kier alpha value is -6.12. The number of fused-ring (bicyclic) bond motifs is 6. The fourth-order valence-electron chi connectivity index (χ4n) is 4.39. The summed E-state index contributed by atoms with van der Waals surface area (Å²) in [6.45, 7) is 13.1. The van der Waals surface area contributed by atoms with Gasteiger partial charge in [0, 0.05) is 20.9 Å². The van der Waals surface area contributed by atoms with E-state index in [0.717, 1.165) is 43.1 Å². The van der Waals surface area contributed by atoms with Crippen molar-refractivity contribution in [2.45, 2.75) is 52.4 Å². The smallest absolute Gasteiger partial charge is 0.0588 e. The van der Waals surface area contributed by atoms with Gasteiger partial charge in [0.05, 0.1) is 22.3 Å². The predicted molar refractivity (Wildman–Crippen MR) is 176 cm³/mol. The zero-order chi connectivity index (χ0) is 31.2. The molecule has 0 unspecified atom stereocenters. The lowest BCUT2D eigenvalue weighted by Crippen LogP contribution is -2.26. The summed E-state index contributed by atoms with van der Waals surface area (Å²) < 4.78 is 0. The third-order valence-corrected chi connectivity index (χ3v) is 6.97. The molecule has 0 amide bonds. The van der Waals surface area contributed by atoms with Gasteiger partial charge in [0.2, 0.25) is 0 Å². The van der Waals surface area contributed by atoms with E-state index in [9.17, 15) is 0 Å². The number of rotatable bonds is 0. The lowest BCUT2D eigenvalue weighted by Gasteiger charge is -2.18. The average molecular weight is 557 g/mol. The SMILES string of the molecule is CC(C)(C)c1ccc2c(c1)=C=C=C=C=c1cc(C(C)(C)C)ccc1=C=C=C1C(=C=C=2)c2c#cccc#cc#cccc#cc21. The minimum Gasteiger partial charge on any atom is -0.0689 e. The van der Waals surface area contributed by atoms with Gasteiger partial charge in [-0.1, -0.05) is 124 Å². The summed E-state index contributed by atoms with van der Waals surface area (Å²) in [6, 6.07) is 43.2. The van der Waals surface area contributed by atoms with Gasteiger partial charge >= 0.3 is 0 Å². The molecule has 0 N–H and O–H groups in total. The maximum Gasteiger partial charge on any atom is 0.0588 e. The Bertz CT molecular complexity index is 2150. The number of allylic oxidation sites excluding steroid dienone is 2. The van der Waals surface area contributed by atoms with E-state index in [1.54, 1.807) is 24.3 Å². The summed E-state index contributed by atoms with van der Waals surface area (Å²) in [5.74, 6) is 0. The molecule has 44 heavy (non-hydrogen) atoms. The molecule has 0 aromatic heterocycles. The van der Waals surface area contributed by atoms with Gasteiger partial charge in [-0.15, -0.1) is 0 Å². The Morgan fingerprint density at radius 3 is 1.25 bits per heavy atom. The van der Waals surface area contributed by atoms with E-state index < -0.39 is 0 Å². The van der Waals surface area contributed by atoms with Crippen LogP contribution in [0.1, 0.15) is 63.8 Å². The molecule has 2 aliphatic rings. The lowest BCUT2D eigenvalue weighted by atomic mass is 9.81. The molecule has 3 aromatic carbocycles. The van der Waals surface area contributed by atoms with Crippen molar-refractivity contribution in [3.05, 3.63) is 175 Å². The van der Waals surface area contributed by atoms with Gasteiger partial charge in [-0.2, -0.15) is 0 Å². The van der Waals surface area contributed by atoms with Crippen molar-refractivity contribution in [3.8, 4) is 0 Å². The minimum absolute atomic E-state index is 0.0338. The van der Waals surface area contributed by atoms with E-state index in [1.807, 2.05) is 12.1 Å². The molecule has 0 radical (unpaired) electrons. The van der Waals surface area contributed by atoms with Crippen molar-refractivity contribution >= 4 is 34.1 Å². The highest BCUT2D eigenvalue weighted by Gasteiger charge is 2.25. The molecule has 0 fully saturated rings. The summed E-state index contributed by atoms with van der Waals surface area (Å²) in [7, 11) is 0. The third-order valence-electron chi connectivity index (χ3n) is 6.97. The van der Waals surface area contributed by atoms with Gasteiger partial charge in [0.25, 0.3) is 0 Å². The zero-order valence-electron chi connectivity index (χ0n) is 25.8. The van der Waals surface area contributed by atoms with Crippen molar-refractivity contribution in [1.82, 2.24) is 0 Å². The molecule has 0 nitrogen and oxygen atoms in total. The van der Waals surface area contributed by atoms with Crippen LogP contribution in [0.4, 0.5) is 0 Å². The summed E-state index contributed by atoms with van der Waals surface area (Å²) >= 11 is 0. The van der Waals surface area contributed by atoms with Gasteiger partial charge in [-0.3, -0.25) is 0 Å². The Labute approximate surface area is 261 Å². The molecule has 0 heterocycles.